The quantitative estimate of drug-likeness (QED) is 0.750. The lowest BCUT2D eigenvalue weighted by molar-refractivity contribution is 0.208. The van der Waals surface area contributed by atoms with E-state index in [2.05, 4.69) is 22.9 Å². The maximum atomic E-state index is 6.17. The molecular formula is C12H16BrClO2. The van der Waals surface area contributed by atoms with Crippen LogP contribution in [-0.2, 0) is 5.33 Å². The van der Waals surface area contributed by atoms with Crippen molar-refractivity contribution in [1.82, 2.24) is 0 Å². The van der Waals surface area contributed by atoms with Crippen LogP contribution in [0.15, 0.2) is 12.1 Å². The Morgan fingerprint density at radius 2 is 2.12 bits per heavy atom. The van der Waals surface area contributed by atoms with Gasteiger partial charge in [0.05, 0.1) is 18.2 Å². The van der Waals surface area contributed by atoms with Gasteiger partial charge in [0.15, 0.2) is 11.5 Å². The molecule has 4 heteroatoms. The second-order valence-corrected chi connectivity index (χ2v) is 4.55. The molecule has 0 aromatic heterocycles. The molecule has 0 aliphatic heterocycles. The van der Waals surface area contributed by atoms with Crippen LogP contribution in [0.5, 0.6) is 11.5 Å². The van der Waals surface area contributed by atoms with E-state index in [4.69, 9.17) is 21.1 Å². The summed E-state index contributed by atoms with van der Waals surface area (Å²) in [4.78, 5) is 0. The fourth-order valence-electron chi connectivity index (χ4n) is 1.25. The molecule has 1 unspecified atom stereocenters. The summed E-state index contributed by atoms with van der Waals surface area (Å²) in [7, 11) is 1.62. The van der Waals surface area contributed by atoms with E-state index >= 15 is 0 Å². The van der Waals surface area contributed by atoms with Gasteiger partial charge < -0.3 is 9.47 Å². The van der Waals surface area contributed by atoms with E-state index < -0.39 is 0 Å². The van der Waals surface area contributed by atoms with Gasteiger partial charge in [0.2, 0.25) is 0 Å². The predicted molar refractivity (Wildman–Crippen MR) is 71.0 cm³/mol. The SMILES string of the molecule is CCC(C)Oc1c(Cl)cc(CBr)cc1OC. The summed E-state index contributed by atoms with van der Waals surface area (Å²) in [6, 6.07) is 3.81. The molecule has 1 aromatic rings. The molecule has 1 aromatic carbocycles. The topological polar surface area (TPSA) is 18.5 Å². The maximum absolute atomic E-state index is 6.17. The van der Waals surface area contributed by atoms with Gasteiger partial charge >= 0.3 is 0 Å². The first-order valence-corrected chi connectivity index (χ1v) is 6.71. The van der Waals surface area contributed by atoms with Gasteiger partial charge in [-0.2, -0.15) is 0 Å². The van der Waals surface area contributed by atoms with Crippen LogP contribution in [0.3, 0.4) is 0 Å². The average Bonchev–Trinajstić information content (AvgIpc) is 2.30. The van der Waals surface area contributed by atoms with Crippen molar-refractivity contribution in [3.8, 4) is 11.5 Å². The summed E-state index contributed by atoms with van der Waals surface area (Å²) in [6.45, 7) is 4.08. The second-order valence-electron chi connectivity index (χ2n) is 3.58. The van der Waals surface area contributed by atoms with Crippen molar-refractivity contribution in [3.63, 3.8) is 0 Å². The summed E-state index contributed by atoms with van der Waals surface area (Å²) in [5, 5.41) is 1.33. The third kappa shape index (κ3) is 3.29. The minimum atomic E-state index is 0.126. The van der Waals surface area contributed by atoms with Crippen LogP contribution in [0.25, 0.3) is 0 Å². The molecule has 0 aliphatic rings. The maximum Gasteiger partial charge on any atom is 0.180 e. The highest BCUT2D eigenvalue weighted by Gasteiger charge is 2.13. The average molecular weight is 308 g/mol. The van der Waals surface area contributed by atoms with Crippen LogP contribution in [0.1, 0.15) is 25.8 Å². The van der Waals surface area contributed by atoms with E-state index in [1.54, 1.807) is 7.11 Å². The predicted octanol–water partition coefficient (Wildman–Crippen LogP) is 4.42. The van der Waals surface area contributed by atoms with Crippen LogP contribution in [0.4, 0.5) is 0 Å². The third-order valence-corrected chi connectivity index (χ3v) is 3.27. The van der Waals surface area contributed by atoms with Gasteiger partial charge in [-0.25, -0.2) is 0 Å². The third-order valence-electron chi connectivity index (χ3n) is 2.34. The molecule has 0 aliphatic carbocycles. The Balaban J connectivity index is 3.06. The number of hydrogen-bond acceptors (Lipinski definition) is 2. The molecule has 0 radical (unpaired) electrons. The summed E-state index contributed by atoms with van der Waals surface area (Å²) in [5.41, 5.74) is 1.07. The molecule has 0 amide bonds. The highest BCUT2D eigenvalue weighted by Crippen LogP contribution is 2.37. The zero-order valence-corrected chi connectivity index (χ0v) is 12.1. The Hall–Kier alpha value is -0.410. The lowest BCUT2D eigenvalue weighted by atomic mass is 10.2. The Labute approximate surface area is 110 Å². The number of alkyl halides is 1. The Bertz CT molecular complexity index is 355. The van der Waals surface area contributed by atoms with Gasteiger partial charge in [-0.3, -0.25) is 0 Å². The zero-order chi connectivity index (χ0) is 12.1. The molecule has 90 valence electrons. The molecule has 0 saturated heterocycles. The zero-order valence-electron chi connectivity index (χ0n) is 9.72. The van der Waals surface area contributed by atoms with Crippen molar-refractivity contribution in [2.24, 2.45) is 0 Å². The van der Waals surface area contributed by atoms with Crippen LogP contribution < -0.4 is 9.47 Å². The van der Waals surface area contributed by atoms with Crippen molar-refractivity contribution >= 4 is 27.5 Å². The summed E-state index contributed by atoms with van der Waals surface area (Å²) < 4.78 is 11.0. The van der Waals surface area contributed by atoms with Crippen molar-refractivity contribution in [1.29, 1.82) is 0 Å². The van der Waals surface area contributed by atoms with Crippen molar-refractivity contribution in [2.75, 3.05) is 7.11 Å². The molecule has 0 fully saturated rings. The van der Waals surface area contributed by atoms with Crippen LogP contribution >= 0.6 is 27.5 Å². The van der Waals surface area contributed by atoms with Crippen molar-refractivity contribution < 1.29 is 9.47 Å². The van der Waals surface area contributed by atoms with Crippen LogP contribution in [-0.4, -0.2) is 13.2 Å². The van der Waals surface area contributed by atoms with Gasteiger partial charge in [-0.15, -0.1) is 0 Å². The Morgan fingerprint density at radius 1 is 1.44 bits per heavy atom. The molecule has 1 atom stereocenters. The van der Waals surface area contributed by atoms with E-state index in [1.165, 1.54) is 0 Å². The van der Waals surface area contributed by atoms with E-state index in [0.29, 0.717) is 16.5 Å². The minimum Gasteiger partial charge on any atom is -0.493 e. The monoisotopic (exact) mass is 306 g/mol. The molecule has 16 heavy (non-hydrogen) atoms. The standard InChI is InChI=1S/C12H16BrClO2/c1-4-8(2)16-12-10(14)5-9(7-13)6-11(12)15-3/h5-6,8H,4,7H2,1-3H3. The van der Waals surface area contributed by atoms with Crippen molar-refractivity contribution in [3.05, 3.63) is 22.7 Å². The number of benzene rings is 1. The molecule has 0 saturated carbocycles. The first-order chi connectivity index (χ1) is 7.62. The first-order valence-electron chi connectivity index (χ1n) is 5.21. The van der Waals surface area contributed by atoms with E-state index in [0.717, 1.165) is 17.3 Å². The smallest absolute Gasteiger partial charge is 0.180 e. The van der Waals surface area contributed by atoms with Crippen LogP contribution in [0.2, 0.25) is 5.02 Å². The van der Waals surface area contributed by atoms with Gasteiger partial charge in [0.25, 0.3) is 0 Å². The van der Waals surface area contributed by atoms with Gasteiger partial charge in [-0.1, -0.05) is 34.5 Å². The van der Waals surface area contributed by atoms with E-state index in [9.17, 15) is 0 Å². The number of halogens is 2. The summed E-state index contributed by atoms with van der Waals surface area (Å²) in [6.07, 6.45) is 1.06. The van der Waals surface area contributed by atoms with Crippen LogP contribution in [0, 0.1) is 0 Å². The highest BCUT2D eigenvalue weighted by atomic mass is 79.9. The van der Waals surface area contributed by atoms with Gasteiger partial charge in [-0.05, 0) is 31.0 Å². The molecule has 0 N–H and O–H groups in total. The molecule has 1 rings (SSSR count). The highest BCUT2D eigenvalue weighted by molar-refractivity contribution is 9.08. The lowest BCUT2D eigenvalue weighted by Gasteiger charge is -2.17. The van der Waals surface area contributed by atoms with Gasteiger partial charge in [0, 0.05) is 5.33 Å². The minimum absolute atomic E-state index is 0.126. The largest absolute Gasteiger partial charge is 0.493 e. The summed E-state index contributed by atoms with van der Waals surface area (Å²) in [5.74, 6) is 1.31. The molecular weight excluding hydrogens is 291 g/mol. The fourth-order valence-corrected chi connectivity index (χ4v) is 1.85. The van der Waals surface area contributed by atoms with E-state index in [1.807, 2.05) is 19.1 Å². The molecule has 0 heterocycles. The number of methoxy groups -OCH3 is 1. The lowest BCUT2D eigenvalue weighted by Crippen LogP contribution is -2.11. The number of rotatable bonds is 5. The van der Waals surface area contributed by atoms with Crippen molar-refractivity contribution in [2.45, 2.75) is 31.7 Å². The molecule has 0 spiro atoms. The van der Waals surface area contributed by atoms with E-state index in [-0.39, 0.29) is 6.10 Å². The number of hydrogen-bond donors (Lipinski definition) is 0. The number of ether oxygens (including phenoxy) is 2. The molecule has 0 bridgehead atoms. The normalized spacial score (nSPS) is 12.3. The fraction of sp³-hybridized carbons (Fsp3) is 0.500. The Kier molecular flexibility index (Phi) is 5.42. The second kappa shape index (κ2) is 6.36. The summed E-state index contributed by atoms with van der Waals surface area (Å²) >= 11 is 9.56. The first kappa shape index (κ1) is 13.7. The molecule has 2 nitrogen and oxygen atoms in total. The van der Waals surface area contributed by atoms with Gasteiger partial charge in [0.1, 0.15) is 0 Å². The Morgan fingerprint density at radius 3 is 2.62 bits per heavy atom.